The summed E-state index contributed by atoms with van der Waals surface area (Å²) in [6, 6.07) is -1.41. The van der Waals surface area contributed by atoms with E-state index < -0.39 is 24.0 Å². The minimum absolute atomic E-state index is 0.278. The van der Waals surface area contributed by atoms with Gasteiger partial charge in [-0.25, -0.2) is 0 Å². The van der Waals surface area contributed by atoms with Crippen molar-refractivity contribution in [3.05, 3.63) is 0 Å². The maximum atomic E-state index is 9.94. The van der Waals surface area contributed by atoms with Crippen molar-refractivity contribution < 1.29 is 19.8 Å². The van der Waals surface area contributed by atoms with Gasteiger partial charge in [-0.3, -0.25) is 9.59 Å². The molecular formula is C6H15N3O4. The number of hydrogen-bond donors (Lipinski definition) is 5. The van der Waals surface area contributed by atoms with E-state index in [1.807, 2.05) is 0 Å². The van der Waals surface area contributed by atoms with Crippen LogP contribution in [0.2, 0.25) is 0 Å². The first kappa shape index (κ1) is 14.3. The van der Waals surface area contributed by atoms with Crippen molar-refractivity contribution in [2.45, 2.75) is 19.0 Å². The van der Waals surface area contributed by atoms with Gasteiger partial charge in [0.05, 0.1) is 6.54 Å². The molecule has 0 rings (SSSR count). The molecule has 78 valence electrons. The number of aliphatic carboxylic acids is 2. The van der Waals surface area contributed by atoms with E-state index in [2.05, 4.69) is 5.73 Å². The van der Waals surface area contributed by atoms with E-state index in [0.717, 1.165) is 0 Å². The predicted octanol–water partition coefficient (Wildman–Crippen LogP) is -2.22. The topological polar surface area (TPSA) is 153 Å². The summed E-state index contributed by atoms with van der Waals surface area (Å²) in [5, 5.41) is 15.7. The summed E-state index contributed by atoms with van der Waals surface area (Å²) in [5.74, 6) is -2.02. The average Bonchev–Trinajstić information content (AvgIpc) is 2.03. The fraction of sp³-hybridized carbons (Fsp3) is 0.667. The average molecular weight is 193 g/mol. The molecule has 13 heavy (non-hydrogen) atoms. The van der Waals surface area contributed by atoms with Crippen molar-refractivity contribution in [1.82, 2.24) is 0 Å². The lowest BCUT2D eigenvalue weighted by atomic mass is 10.2. The number of rotatable bonds is 3. The molecule has 2 unspecified atom stereocenters. The van der Waals surface area contributed by atoms with Gasteiger partial charge >= 0.3 is 11.9 Å². The molecule has 0 aliphatic heterocycles. The third-order valence-electron chi connectivity index (χ3n) is 1.03. The Balaban J connectivity index is 0. The zero-order chi connectivity index (χ0) is 11.0. The van der Waals surface area contributed by atoms with Crippen molar-refractivity contribution in [1.29, 1.82) is 0 Å². The first-order valence-electron chi connectivity index (χ1n) is 3.48. The summed E-state index contributed by atoms with van der Waals surface area (Å²) >= 11 is 0. The van der Waals surface area contributed by atoms with E-state index in [4.69, 9.17) is 21.7 Å². The van der Waals surface area contributed by atoms with Crippen LogP contribution in [0.3, 0.4) is 0 Å². The van der Waals surface area contributed by atoms with Gasteiger partial charge in [0.25, 0.3) is 0 Å². The smallest absolute Gasteiger partial charge is 0.322 e. The van der Waals surface area contributed by atoms with Crippen LogP contribution in [0.25, 0.3) is 0 Å². The van der Waals surface area contributed by atoms with Crippen molar-refractivity contribution in [3.63, 3.8) is 0 Å². The van der Waals surface area contributed by atoms with Crippen molar-refractivity contribution in [3.8, 4) is 0 Å². The fourth-order valence-electron chi connectivity index (χ4n) is 0.225. The van der Waals surface area contributed by atoms with Crippen molar-refractivity contribution in [2.75, 3.05) is 6.54 Å². The Morgan fingerprint density at radius 2 is 1.62 bits per heavy atom. The summed E-state index contributed by atoms with van der Waals surface area (Å²) in [7, 11) is 0. The van der Waals surface area contributed by atoms with E-state index in [0.29, 0.717) is 0 Å². The summed E-state index contributed by atoms with van der Waals surface area (Å²) in [4.78, 5) is 19.2. The molecule has 2 atom stereocenters. The van der Waals surface area contributed by atoms with Crippen LogP contribution in [0.4, 0.5) is 0 Å². The SMILES string of the molecule is CC(N)C(N)C(=O)O.NCC(=O)O. The second kappa shape index (κ2) is 7.47. The van der Waals surface area contributed by atoms with Gasteiger partial charge in [0.2, 0.25) is 0 Å². The third kappa shape index (κ3) is 10.8. The highest BCUT2D eigenvalue weighted by molar-refractivity contribution is 5.73. The van der Waals surface area contributed by atoms with E-state index in [1.165, 1.54) is 0 Å². The molecule has 0 aliphatic rings. The Morgan fingerprint density at radius 1 is 1.31 bits per heavy atom. The largest absolute Gasteiger partial charge is 0.480 e. The van der Waals surface area contributed by atoms with Gasteiger partial charge in [-0.1, -0.05) is 0 Å². The first-order valence-corrected chi connectivity index (χ1v) is 3.48. The third-order valence-corrected chi connectivity index (χ3v) is 1.03. The molecule has 0 aromatic carbocycles. The Morgan fingerprint density at radius 3 is 1.62 bits per heavy atom. The normalized spacial score (nSPS) is 13.5. The number of hydrogen-bond acceptors (Lipinski definition) is 5. The Kier molecular flexibility index (Phi) is 8.24. The lowest BCUT2D eigenvalue weighted by molar-refractivity contribution is -0.139. The number of carboxylic acids is 2. The molecule has 0 radical (unpaired) electrons. The minimum Gasteiger partial charge on any atom is -0.480 e. The number of carboxylic acid groups (broad SMARTS) is 2. The summed E-state index contributed by atoms with van der Waals surface area (Å²) in [6.45, 7) is 1.28. The molecule has 0 amide bonds. The molecule has 7 heteroatoms. The zero-order valence-electron chi connectivity index (χ0n) is 7.30. The van der Waals surface area contributed by atoms with E-state index >= 15 is 0 Å². The predicted molar refractivity (Wildman–Crippen MR) is 46.0 cm³/mol. The van der Waals surface area contributed by atoms with Crippen LogP contribution in [-0.4, -0.2) is 40.8 Å². The summed E-state index contributed by atoms with van der Waals surface area (Å²) in [5.41, 5.74) is 14.7. The molecular weight excluding hydrogens is 178 g/mol. The van der Waals surface area contributed by atoms with Crippen LogP contribution in [0.15, 0.2) is 0 Å². The Hall–Kier alpha value is -1.18. The zero-order valence-corrected chi connectivity index (χ0v) is 7.30. The van der Waals surface area contributed by atoms with Crippen LogP contribution in [-0.2, 0) is 9.59 Å². The fourth-order valence-corrected chi connectivity index (χ4v) is 0.225. The van der Waals surface area contributed by atoms with Gasteiger partial charge < -0.3 is 27.4 Å². The molecule has 7 nitrogen and oxygen atoms in total. The summed E-state index contributed by atoms with van der Waals surface area (Å²) in [6.07, 6.45) is 0. The van der Waals surface area contributed by atoms with E-state index in [1.54, 1.807) is 6.92 Å². The van der Waals surface area contributed by atoms with E-state index in [-0.39, 0.29) is 6.54 Å². The van der Waals surface area contributed by atoms with Gasteiger partial charge in [-0.2, -0.15) is 0 Å². The molecule has 0 fully saturated rings. The van der Waals surface area contributed by atoms with Crippen molar-refractivity contribution in [2.24, 2.45) is 17.2 Å². The molecule has 0 aromatic heterocycles. The van der Waals surface area contributed by atoms with Gasteiger partial charge in [-0.15, -0.1) is 0 Å². The highest BCUT2D eigenvalue weighted by atomic mass is 16.4. The number of carbonyl (C=O) groups is 2. The van der Waals surface area contributed by atoms with Crippen molar-refractivity contribution >= 4 is 11.9 Å². The van der Waals surface area contributed by atoms with Crippen LogP contribution >= 0.6 is 0 Å². The lowest BCUT2D eigenvalue weighted by Crippen LogP contribution is -2.44. The quantitative estimate of drug-likeness (QED) is 0.340. The maximum Gasteiger partial charge on any atom is 0.322 e. The minimum atomic E-state index is -1.06. The second-order valence-electron chi connectivity index (χ2n) is 2.32. The van der Waals surface area contributed by atoms with Gasteiger partial charge in [0.1, 0.15) is 6.04 Å². The molecule has 0 aromatic rings. The molecule has 0 spiro atoms. The van der Waals surface area contributed by atoms with Crippen LogP contribution in [0.1, 0.15) is 6.92 Å². The van der Waals surface area contributed by atoms with Crippen LogP contribution in [0.5, 0.6) is 0 Å². The molecule has 0 heterocycles. The maximum absolute atomic E-state index is 9.94. The molecule has 8 N–H and O–H groups in total. The molecule has 0 saturated heterocycles. The van der Waals surface area contributed by atoms with Crippen LogP contribution in [0, 0.1) is 0 Å². The highest BCUT2D eigenvalue weighted by Crippen LogP contribution is 1.82. The van der Waals surface area contributed by atoms with Crippen LogP contribution < -0.4 is 17.2 Å². The Labute approximate surface area is 75.5 Å². The van der Waals surface area contributed by atoms with Gasteiger partial charge in [0.15, 0.2) is 0 Å². The number of nitrogens with two attached hydrogens (primary N) is 3. The summed E-state index contributed by atoms with van der Waals surface area (Å²) < 4.78 is 0. The lowest BCUT2D eigenvalue weighted by Gasteiger charge is -2.08. The monoisotopic (exact) mass is 193 g/mol. The molecule has 0 aliphatic carbocycles. The molecule has 0 bridgehead atoms. The van der Waals surface area contributed by atoms with E-state index in [9.17, 15) is 9.59 Å². The highest BCUT2D eigenvalue weighted by Gasteiger charge is 2.14. The standard InChI is InChI=1S/C4H10N2O2.C2H5NO2/c1-2(5)3(6)4(7)8;3-1-2(4)5/h2-3H,5-6H2,1H3,(H,7,8);1,3H2,(H,4,5). The van der Waals surface area contributed by atoms with Gasteiger partial charge in [0, 0.05) is 6.04 Å². The molecule has 0 saturated carbocycles. The first-order chi connectivity index (χ1) is 5.82. The Bertz CT molecular complexity index is 171. The van der Waals surface area contributed by atoms with Gasteiger partial charge in [-0.05, 0) is 6.92 Å². The second-order valence-corrected chi connectivity index (χ2v) is 2.32.